The van der Waals surface area contributed by atoms with Crippen molar-refractivity contribution in [3.05, 3.63) is 81.0 Å². The second kappa shape index (κ2) is 11.3. The first-order valence-electron chi connectivity index (χ1n) is 23.0. The number of piperidine rings is 3. The number of aryl methyl sites for hydroxylation is 1. The Labute approximate surface area is 336 Å². The molecule has 5 aliphatic carbocycles. The molecule has 57 heavy (non-hydrogen) atoms. The Morgan fingerprint density at radius 2 is 1.84 bits per heavy atom. The average Bonchev–Trinajstić information content (AvgIpc) is 3.66. The van der Waals surface area contributed by atoms with Gasteiger partial charge in [0.15, 0.2) is 11.4 Å². The number of nitrogens with zero attached hydrogens (tertiary/aromatic N) is 2. The Bertz CT molecular complexity index is 2190. The highest BCUT2D eigenvalue weighted by atomic mass is 16.6. The number of hydrogen-bond acceptors (Lipinski definition) is 8. The van der Waals surface area contributed by atoms with Crippen LogP contribution in [0.15, 0.2) is 64.3 Å². The molecular formula is C49H59N3O5. The van der Waals surface area contributed by atoms with E-state index < -0.39 is 16.4 Å². The normalized spacial score (nSPS) is 50.7. The number of ether oxygens (including phenoxy) is 2. The van der Waals surface area contributed by atoms with Crippen molar-refractivity contribution in [3.63, 3.8) is 0 Å². The van der Waals surface area contributed by atoms with Gasteiger partial charge >= 0.3 is 11.9 Å². The molecule has 1 saturated carbocycles. The van der Waals surface area contributed by atoms with Crippen LogP contribution in [-0.4, -0.2) is 64.6 Å². The lowest BCUT2D eigenvalue weighted by Gasteiger charge is -2.73. The third-order valence-electron chi connectivity index (χ3n) is 19.3. The number of aliphatic hydroxyl groups excluding tert-OH is 1. The number of carbonyl (C=O) groups is 2. The van der Waals surface area contributed by atoms with E-state index in [2.05, 4.69) is 60.9 Å². The molecule has 0 radical (unpaired) electrons. The minimum absolute atomic E-state index is 0.104. The lowest BCUT2D eigenvalue weighted by atomic mass is 9.27. The highest BCUT2D eigenvalue weighted by Crippen LogP contribution is 2.88. The van der Waals surface area contributed by atoms with Gasteiger partial charge in [-0.05, 0) is 137 Å². The van der Waals surface area contributed by atoms with Crippen LogP contribution in [0.25, 0.3) is 0 Å². The van der Waals surface area contributed by atoms with Crippen LogP contribution in [0.5, 0.6) is 0 Å². The molecule has 14 rings (SSSR count). The minimum atomic E-state index is -1.12. The number of nitrogens with two attached hydrogens (primary N) is 1. The van der Waals surface area contributed by atoms with Gasteiger partial charge in [0.2, 0.25) is 0 Å². The molecule has 0 aromatic heterocycles. The molecule has 300 valence electrons. The second-order valence-corrected chi connectivity index (χ2v) is 21.1. The second-order valence-electron chi connectivity index (χ2n) is 21.1. The third-order valence-corrected chi connectivity index (χ3v) is 19.3. The van der Waals surface area contributed by atoms with Gasteiger partial charge in [0.25, 0.3) is 0 Å². The molecule has 8 heterocycles. The molecule has 13 aliphatic rings. The third kappa shape index (κ3) is 3.71. The van der Waals surface area contributed by atoms with E-state index in [1.54, 1.807) is 11.3 Å². The fourth-order valence-electron chi connectivity index (χ4n) is 17.5. The number of carbonyl (C=O) groups excluding carboxylic acids is 2. The molecule has 4 saturated heterocycles. The van der Waals surface area contributed by atoms with E-state index in [1.165, 1.54) is 36.8 Å². The summed E-state index contributed by atoms with van der Waals surface area (Å²) in [6, 6.07) is 7.44. The largest absolute Gasteiger partial charge is 0.508 e. The first-order valence-corrected chi connectivity index (χ1v) is 23.0. The maximum atomic E-state index is 15.8. The molecule has 1 unspecified atom stereocenters. The fourth-order valence-corrected chi connectivity index (χ4v) is 17.5. The van der Waals surface area contributed by atoms with Crippen molar-refractivity contribution in [3.8, 4) is 0 Å². The lowest BCUT2D eigenvalue weighted by molar-refractivity contribution is -0.281. The lowest BCUT2D eigenvalue weighted by Crippen LogP contribution is -2.78. The van der Waals surface area contributed by atoms with Crippen LogP contribution in [0.2, 0.25) is 0 Å². The Balaban J connectivity index is 1.14. The molecule has 8 nitrogen and oxygen atoms in total. The smallest absolute Gasteiger partial charge is 0.339 e. The van der Waals surface area contributed by atoms with Gasteiger partial charge in [0, 0.05) is 60.2 Å². The number of allylic oxidation sites excluding steroid dienone is 4. The van der Waals surface area contributed by atoms with Gasteiger partial charge in [0.05, 0.1) is 11.0 Å². The van der Waals surface area contributed by atoms with Crippen LogP contribution >= 0.6 is 0 Å². The quantitative estimate of drug-likeness (QED) is 0.238. The molecule has 10 bridgehead atoms. The van der Waals surface area contributed by atoms with Gasteiger partial charge in [0.1, 0.15) is 11.2 Å². The summed E-state index contributed by atoms with van der Waals surface area (Å²) in [6.45, 7) is 9.90. The van der Waals surface area contributed by atoms with E-state index in [1.807, 2.05) is 0 Å². The van der Waals surface area contributed by atoms with Crippen molar-refractivity contribution < 1.29 is 24.2 Å². The first kappa shape index (κ1) is 34.5. The number of benzene rings is 1. The van der Waals surface area contributed by atoms with Crippen LogP contribution < -0.4 is 5.73 Å². The van der Waals surface area contributed by atoms with E-state index >= 15 is 4.79 Å². The number of hydrogen-bond donors (Lipinski definition) is 2. The van der Waals surface area contributed by atoms with E-state index in [0.29, 0.717) is 78.8 Å². The Kier molecular flexibility index (Phi) is 6.82. The molecule has 16 atom stereocenters. The SMILES string of the molecule is C[C@@H]1/C=C\[C@@H]2C[C@@H]3[C@@H]4C5=C2[C@]26C(=O)O/C(=C(/O)[C@@H]7CC[C@@H]8[C@H]9C[C@@H](CN8[C@@H]7C)[C@H]7CCC(=C4N7C9)C[C@H]3C)[C@@]2(CC5)[C@]2(OC(=O)c3c(CCCN)cccc32)[C@H]6C1. The van der Waals surface area contributed by atoms with Crippen LogP contribution in [0, 0.1) is 64.1 Å². The van der Waals surface area contributed by atoms with Crippen molar-refractivity contribution in [2.75, 3.05) is 19.6 Å². The maximum absolute atomic E-state index is 15.8. The van der Waals surface area contributed by atoms with Crippen molar-refractivity contribution in [2.24, 2.45) is 69.8 Å². The minimum Gasteiger partial charge on any atom is -0.508 e. The van der Waals surface area contributed by atoms with Crippen LogP contribution in [-0.2, 0) is 26.3 Å². The molecular weight excluding hydrogens is 711 g/mol. The van der Waals surface area contributed by atoms with Gasteiger partial charge in [-0.2, -0.15) is 0 Å². The summed E-state index contributed by atoms with van der Waals surface area (Å²) in [5, 5.41) is 13.2. The Morgan fingerprint density at radius 1 is 0.982 bits per heavy atom. The average molecular weight is 770 g/mol. The van der Waals surface area contributed by atoms with Crippen LogP contribution in [0.4, 0.5) is 0 Å². The molecule has 3 spiro atoms. The summed E-state index contributed by atoms with van der Waals surface area (Å²) in [4.78, 5) is 36.3. The van der Waals surface area contributed by atoms with E-state index in [0.717, 1.165) is 56.3 Å². The van der Waals surface area contributed by atoms with E-state index in [9.17, 15) is 9.90 Å². The predicted octanol–water partition coefficient (Wildman–Crippen LogP) is 7.70. The zero-order valence-corrected chi connectivity index (χ0v) is 34.0. The van der Waals surface area contributed by atoms with Crippen LogP contribution in [0.1, 0.15) is 113 Å². The monoisotopic (exact) mass is 769 g/mol. The molecule has 1 aromatic carbocycles. The summed E-state index contributed by atoms with van der Waals surface area (Å²) >= 11 is 0. The van der Waals surface area contributed by atoms with Gasteiger partial charge < -0.3 is 25.2 Å². The summed E-state index contributed by atoms with van der Waals surface area (Å²) in [5.74, 6) is 2.68. The summed E-state index contributed by atoms with van der Waals surface area (Å²) in [5.41, 5.74) is 11.6. The van der Waals surface area contributed by atoms with Crippen molar-refractivity contribution in [1.82, 2.24) is 9.80 Å². The van der Waals surface area contributed by atoms with Crippen molar-refractivity contribution >= 4 is 11.9 Å². The molecule has 3 N–H and O–H groups in total. The van der Waals surface area contributed by atoms with Gasteiger partial charge in [-0.1, -0.05) is 55.3 Å². The summed E-state index contributed by atoms with van der Waals surface area (Å²) in [6.07, 6.45) is 16.4. The van der Waals surface area contributed by atoms with Gasteiger partial charge in [-0.15, -0.1) is 0 Å². The van der Waals surface area contributed by atoms with E-state index in [4.69, 9.17) is 15.2 Å². The summed E-state index contributed by atoms with van der Waals surface area (Å²) in [7, 11) is 0. The summed E-state index contributed by atoms with van der Waals surface area (Å²) < 4.78 is 14.1. The highest BCUT2D eigenvalue weighted by Gasteiger charge is 2.94. The molecule has 1 aromatic rings. The first-order chi connectivity index (χ1) is 27.6. The standard InChI is InChI=1S/C49H59N3O5/c1-24-9-10-28-21-34-25(2)19-29-11-13-37-30-20-31-23-52(37)42(29)40(34)33-15-16-47-44(43(53)32-12-14-36(31)51(22-30)26(32)3)56-46(55)48(47,41(28)33)38(18-24)49(47)35-8-4-6-27(7-5-17-50)39(35)45(54)57-49/h4,6,8-10,24-26,28,30-32,34,36-38,40,53H,5,7,11-23,50H2,1-3H3/b10-9-,44-43+/t24-,25-,26-,28-,30+,31+,32-,34+,36-,37-,38+,40+,47-,48-,49-/m1/s1. The fraction of sp³-hybridized carbons (Fsp3) is 0.673. The molecule has 8 heteroatoms. The predicted molar refractivity (Wildman–Crippen MR) is 214 cm³/mol. The number of aliphatic hydroxyl groups is 1. The van der Waals surface area contributed by atoms with Gasteiger partial charge in [-0.25, -0.2) is 4.79 Å². The topological polar surface area (TPSA) is 105 Å². The molecule has 8 aliphatic heterocycles. The zero-order chi connectivity index (χ0) is 38.5. The number of esters is 2. The van der Waals surface area contributed by atoms with Crippen LogP contribution in [0.3, 0.4) is 0 Å². The van der Waals surface area contributed by atoms with Crippen molar-refractivity contribution in [1.29, 1.82) is 0 Å². The molecule has 0 amide bonds. The van der Waals surface area contributed by atoms with E-state index in [-0.39, 0.29) is 47.4 Å². The number of rotatable bonds is 3. The Hall–Kier alpha value is -3.36. The zero-order valence-electron chi connectivity index (χ0n) is 34.0. The maximum Gasteiger partial charge on any atom is 0.339 e. The highest BCUT2D eigenvalue weighted by molar-refractivity contribution is 6.00. The number of fused-ring (bicyclic) bond motifs is 4. The molecule has 5 fully saturated rings. The Morgan fingerprint density at radius 3 is 2.70 bits per heavy atom. The van der Waals surface area contributed by atoms with Gasteiger partial charge in [-0.3, -0.25) is 9.69 Å². The van der Waals surface area contributed by atoms with Crippen molar-refractivity contribution in [2.45, 2.75) is 122 Å².